The molecule has 0 saturated carbocycles. The van der Waals surface area contributed by atoms with E-state index < -0.39 is 17.7 Å². The van der Waals surface area contributed by atoms with Crippen molar-refractivity contribution in [2.24, 2.45) is 0 Å². The lowest BCUT2D eigenvalue weighted by molar-refractivity contribution is -0.160. The van der Waals surface area contributed by atoms with Crippen LogP contribution in [0, 0.1) is 6.92 Å². The molecule has 1 atom stereocenters. The van der Waals surface area contributed by atoms with Crippen molar-refractivity contribution in [2.75, 3.05) is 18.0 Å². The topological polar surface area (TPSA) is 100 Å². The molecule has 2 aromatic carbocycles. The number of nitrogens with zero attached hydrogens (tertiary/aromatic N) is 4. The number of aromatic nitrogens is 3. The molecule has 0 unspecified atom stereocenters. The molecule has 0 fully saturated rings. The molecule has 2 aliphatic heterocycles. The average Bonchev–Trinajstić information content (AvgIpc) is 3.47. The van der Waals surface area contributed by atoms with Gasteiger partial charge >= 0.3 is 5.97 Å². The third kappa shape index (κ3) is 7.08. The van der Waals surface area contributed by atoms with Gasteiger partial charge in [0.25, 0.3) is 0 Å². The van der Waals surface area contributed by atoms with Gasteiger partial charge in [-0.3, -0.25) is 9.97 Å². The van der Waals surface area contributed by atoms with Crippen molar-refractivity contribution in [3.05, 3.63) is 106 Å². The summed E-state index contributed by atoms with van der Waals surface area (Å²) in [5.74, 6) is -1.02. The second-order valence-electron chi connectivity index (χ2n) is 12.6. The van der Waals surface area contributed by atoms with Crippen LogP contribution in [0.4, 0.5) is 5.13 Å². The number of hydrogen-bond donors (Lipinski definition) is 2. The fourth-order valence-electron chi connectivity index (χ4n) is 5.98. The number of aliphatic carboxylic acids is 1. The maximum atomic E-state index is 12.5. The molecular weight excluding hydrogens is 618 g/mol. The standard InChI is InChI=1S/C28H28ClN3O3S.C8H10N2/c1-16-14-21-25(36-27(31-21)32-13-11-20-18(15-32)6-5-12-30-20)23(17-7-9-19(29)10-8-17)22(16)24(26(33)34)35-28(2,3)4;1-2-7-6-9-5-3-8(7)10-4-1/h5-10,12,14,24H,11,13,15H2,1-4H3,(H,33,34);1-2,4,9H,3,5-6H2/t24-;/m0./s1. The van der Waals surface area contributed by atoms with E-state index in [-0.39, 0.29) is 0 Å². The second kappa shape index (κ2) is 13.5. The maximum Gasteiger partial charge on any atom is 0.337 e. The number of rotatable bonds is 5. The first-order chi connectivity index (χ1) is 22.1. The molecule has 238 valence electrons. The molecule has 0 saturated heterocycles. The SMILES string of the molecule is Cc1cc2nc(N3CCc4ncccc4C3)sc2c(-c2ccc(Cl)cc2)c1[C@H](OC(C)(C)C)C(=O)O.c1cnc2c(c1)CNCC2. The minimum Gasteiger partial charge on any atom is -0.479 e. The van der Waals surface area contributed by atoms with Crippen LogP contribution < -0.4 is 10.2 Å². The first kappa shape index (κ1) is 32.1. The summed E-state index contributed by atoms with van der Waals surface area (Å²) in [4.78, 5) is 28.6. The number of fused-ring (bicyclic) bond motifs is 3. The Morgan fingerprint density at radius 2 is 1.74 bits per heavy atom. The molecule has 10 heteroatoms. The van der Waals surface area contributed by atoms with Crippen molar-refractivity contribution in [1.29, 1.82) is 0 Å². The van der Waals surface area contributed by atoms with Gasteiger partial charge in [-0.1, -0.05) is 47.2 Å². The Kier molecular flexibility index (Phi) is 9.38. The molecule has 2 N–H and O–H groups in total. The van der Waals surface area contributed by atoms with Crippen LogP contribution in [0.15, 0.2) is 67.0 Å². The summed E-state index contributed by atoms with van der Waals surface area (Å²) in [5, 5.41) is 15.1. The van der Waals surface area contributed by atoms with Crippen LogP contribution in [0.2, 0.25) is 5.02 Å². The van der Waals surface area contributed by atoms with E-state index in [2.05, 4.69) is 32.3 Å². The smallest absolute Gasteiger partial charge is 0.337 e. The molecule has 0 aliphatic carbocycles. The number of thiazole rings is 1. The highest BCUT2D eigenvalue weighted by Gasteiger charge is 2.33. The van der Waals surface area contributed by atoms with E-state index in [0.717, 1.165) is 76.8 Å². The fourth-order valence-corrected chi connectivity index (χ4v) is 7.25. The molecule has 3 aromatic heterocycles. The normalized spacial score (nSPS) is 15.0. The van der Waals surface area contributed by atoms with Crippen molar-refractivity contribution in [3.8, 4) is 11.1 Å². The molecule has 7 rings (SSSR count). The highest BCUT2D eigenvalue weighted by molar-refractivity contribution is 7.22. The lowest BCUT2D eigenvalue weighted by Gasteiger charge is -2.28. The molecule has 46 heavy (non-hydrogen) atoms. The van der Waals surface area contributed by atoms with E-state index in [9.17, 15) is 9.90 Å². The highest BCUT2D eigenvalue weighted by Crippen LogP contribution is 2.44. The van der Waals surface area contributed by atoms with Gasteiger partial charge in [-0.25, -0.2) is 9.78 Å². The number of benzene rings is 2. The van der Waals surface area contributed by atoms with Gasteiger partial charge in [0, 0.05) is 79.0 Å². The Hall–Kier alpha value is -3.89. The molecule has 0 spiro atoms. The zero-order valence-corrected chi connectivity index (χ0v) is 28.1. The fraction of sp³-hybridized carbons (Fsp3) is 0.333. The van der Waals surface area contributed by atoms with Gasteiger partial charge < -0.3 is 20.1 Å². The Bertz CT molecular complexity index is 1840. The monoisotopic (exact) mass is 655 g/mol. The lowest BCUT2D eigenvalue weighted by atomic mass is 9.91. The molecule has 5 heterocycles. The Balaban J connectivity index is 0.000000314. The van der Waals surface area contributed by atoms with Crippen LogP contribution in [0.5, 0.6) is 0 Å². The predicted octanol–water partition coefficient (Wildman–Crippen LogP) is 7.55. The molecule has 2 aliphatic rings. The molecule has 5 aromatic rings. The molecule has 0 bridgehead atoms. The van der Waals surface area contributed by atoms with Crippen molar-refractivity contribution in [3.63, 3.8) is 0 Å². The van der Waals surface area contributed by atoms with Crippen molar-refractivity contribution in [2.45, 2.75) is 65.3 Å². The van der Waals surface area contributed by atoms with Gasteiger partial charge in [0.05, 0.1) is 15.8 Å². The Labute approximate surface area is 278 Å². The second-order valence-corrected chi connectivity index (χ2v) is 14.0. The van der Waals surface area contributed by atoms with Gasteiger partial charge in [0.15, 0.2) is 11.2 Å². The summed E-state index contributed by atoms with van der Waals surface area (Å²) in [6.45, 7) is 11.2. The number of nitrogens with one attached hydrogen (secondary N) is 1. The van der Waals surface area contributed by atoms with Crippen LogP contribution in [-0.2, 0) is 35.5 Å². The number of hydrogen-bond acceptors (Lipinski definition) is 8. The first-order valence-electron chi connectivity index (χ1n) is 15.5. The molecule has 0 amide bonds. The Morgan fingerprint density at radius 3 is 2.41 bits per heavy atom. The third-order valence-electron chi connectivity index (χ3n) is 8.08. The van der Waals surface area contributed by atoms with Crippen LogP contribution in [-0.4, -0.2) is 44.7 Å². The number of ether oxygens (including phenoxy) is 1. The van der Waals surface area contributed by atoms with E-state index >= 15 is 0 Å². The van der Waals surface area contributed by atoms with E-state index in [4.69, 9.17) is 21.3 Å². The number of carboxylic acids is 1. The highest BCUT2D eigenvalue weighted by atomic mass is 35.5. The number of carbonyl (C=O) groups is 1. The van der Waals surface area contributed by atoms with Crippen molar-refractivity contribution >= 4 is 44.3 Å². The van der Waals surface area contributed by atoms with Gasteiger partial charge in [0.2, 0.25) is 0 Å². The molecule has 8 nitrogen and oxygen atoms in total. The molecular formula is C36H38ClN5O3S. The quantitative estimate of drug-likeness (QED) is 0.200. The average molecular weight is 656 g/mol. The van der Waals surface area contributed by atoms with Gasteiger partial charge in [-0.2, -0.15) is 0 Å². The van der Waals surface area contributed by atoms with Crippen molar-refractivity contribution < 1.29 is 14.6 Å². The summed E-state index contributed by atoms with van der Waals surface area (Å²) < 4.78 is 7.04. The summed E-state index contributed by atoms with van der Waals surface area (Å²) in [7, 11) is 0. The van der Waals surface area contributed by atoms with E-state index in [1.807, 2.05) is 82.6 Å². The summed E-state index contributed by atoms with van der Waals surface area (Å²) in [6.07, 6.45) is 4.52. The van der Waals surface area contributed by atoms with Gasteiger partial charge in [-0.15, -0.1) is 0 Å². The van der Waals surface area contributed by atoms with Gasteiger partial charge in [0.1, 0.15) is 0 Å². The summed E-state index contributed by atoms with van der Waals surface area (Å²) in [5.41, 5.74) is 8.37. The number of carboxylic acid groups (broad SMARTS) is 1. The van der Waals surface area contributed by atoms with Crippen LogP contribution in [0.1, 0.15) is 60.5 Å². The van der Waals surface area contributed by atoms with Crippen LogP contribution in [0.25, 0.3) is 21.3 Å². The number of aryl methyl sites for hydroxylation is 1. The zero-order valence-electron chi connectivity index (χ0n) is 26.5. The van der Waals surface area contributed by atoms with E-state index in [1.54, 1.807) is 11.3 Å². The van der Waals surface area contributed by atoms with E-state index in [1.165, 1.54) is 16.8 Å². The predicted molar refractivity (Wildman–Crippen MR) is 185 cm³/mol. The van der Waals surface area contributed by atoms with Gasteiger partial charge in [-0.05, 0) is 80.3 Å². The Morgan fingerprint density at radius 1 is 1.04 bits per heavy atom. The first-order valence-corrected chi connectivity index (χ1v) is 16.7. The van der Waals surface area contributed by atoms with Crippen molar-refractivity contribution in [1.82, 2.24) is 20.3 Å². The van der Waals surface area contributed by atoms with E-state index in [0.29, 0.717) is 10.6 Å². The maximum absolute atomic E-state index is 12.5. The minimum absolute atomic E-state index is 0.621. The number of halogens is 1. The largest absolute Gasteiger partial charge is 0.479 e. The zero-order chi connectivity index (χ0) is 32.4. The number of anilines is 1. The van der Waals surface area contributed by atoms with Crippen LogP contribution >= 0.6 is 22.9 Å². The third-order valence-corrected chi connectivity index (χ3v) is 9.48. The minimum atomic E-state index is -1.13. The lowest BCUT2D eigenvalue weighted by Crippen LogP contribution is -2.30. The van der Waals surface area contributed by atoms with Crippen LogP contribution in [0.3, 0.4) is 0 Å². The summed E-state index contributed by atoms with van der Waals surface area (Å²) in [6, 6.07) is 17.7. The molecule has 0 radical (unpaired) electrons. The number of pyridine rings is 2. The summed E-state index contributed by atoms with van der Waals surface area (Å²) >= 11 is 7.78.